The van der Waals surface area contributed by atoms with E-state index in [-0.39, 0.29) is 36.8 Å². The summed E-state index contributed by atoms with van der Waals surface area (Å²) in [4.78, 5) is 14.9. The van der Waals surface area contributed by atoms with Crippen molar-refractivity contribution in [3.05, 3.63) is 29.8 Å². The fourth-order valence-corrected chi connectivity index (χ4v) is 4.14. The van der Waals surface area contributed by atoms with Crippen molar-refractivity contribution in [3.63, 3.8) is 0 Å². The minimum Gasteiger partial charge on any atom is -0.491 e. The third-order valence-electron chi connectivity index (χ3n) is 5.66. The zero-order valence-electron chi connectivity index (χ0n) is 16.7. The number of amides is 1. The standard InChI is InChI=1S/C20H31N3O3.2ClH/c1-23-15-20(7-9-21-10-8-20)13-18(23)19(24)22-14-16-3-5-17(6-4-16)26-12-11-25-2;;/h3-6,18,21H,7-15H2,1-2H3,(H,22,24);2*1H. The molecule has 2 aliphatic rings. The van der Waals surface area contributed by atoms with E-state index in [9.17, 15) is 4.79 Å². The molecular weight excluding hydrogens is 401 g/mol. The number of nitrogens with one attached hydrogen (secondary N) is 2. The Morgan fingerprint density at radius 3 is 2.54 bits per heavy atom. The van der Waals surface area contributed by atoms with Crippen LogP contribution in [0.1, 0.15) is 24.8 Å². The second-order valence-corrected chi connectivity index (χ2v) is 7.59. The smallest absolute Gasteiger partial charge is 0.237 e. The quantitative estimate of drug-likeness (QED) is 0.645. The fourth-order valence-electron chi connectivity index (χ4n) is 4.14. The second-order valence-electron chi connectivity index (χ2n) is 7.59. The number of likely N-dealkylation sites (N-methyl/N-ethyl adjacent to an activating group) is 1. The number of halogens is 2. The van der Waals surface area contributed by atoms with Crippen LogP contribution in [-0.4, -0.2) is 63.9 Å². The zero-order valence-corrected chi connectivity index (χ0v) is 18.4. The molecule has 0 saturated carbocycles. The van der Waals surface area contributed by atoms with Gasteiger partial charge in [0.1, 0.15) is 12.4 Å². The first-order valence-electron chi connectivity index (χ1n) is 9.51. The predicted octanol–water partition coefficient (Wildman–Crippen LogP) is 2.25. The Morgan fingerprint density at radius 1 is 1.21 bits per heavy atom. The summed E-state index contributed by atoms with van der Waals surface area (Å²) < 4.78 is 10.5. The summed E-state index contributed by atoms with van der Waals surface area (Å²) in [6.45, 7) is 4.83. The number of nitrogens with zero attached hydrogens (tertiary/aromatic N) is 1. The van der Waals surface area contributed by atoms with E-state index < -0.39 is 0 Å². The largest absolute Gasteiger partial charge is 0.491 e. The van der Waals surface area contributed by atoms with Crippen molar-refractivity contribution >= 4 is 30.7 Å². The average molecular weight is 434 g/mol. The first-order valence-corrected chi connectivity index (χ1v) is 9.51. The molecule has 2 saturated heterocycles. The summed E-state index contributed by atoms with van der Waals surface area (Å²) in [6, 6.07) is 7.85. The highest BCUT2D eigenvalue weighted by Gasteiger charge is 2.45. The van der Waals surface area contributed by atoms with E-state index >= 15 is 0 Å². The van der Waals surface area contributed by atoms with E-state index in [1.54, 1.807) is 7.11 Å². The van der Waals surface area contributed by atoms with E-state index in [2.05, 4.69) is 22.6 Å². The van der Waals surface area contributed by atoms with Crippen LogP contribution in [0, 0.1) is 5.41 Å². The lowest BCUT2D eigenvalue weighted by Crippen LogP contribution is -2.41. The summed E-state index contributed by atoms with van der Waals surface area (Å²) in [5.41, 5.74) is 1.40. The number of hydrogen-bond acceptors (Lipinski definition) is 5. The highest BCUT2D eigenvalue weighted by atomic mass is 35.5. The van der Waals surface area contributed by atoms with Crippen LogP contribution in [0.2, 0.25) is 0 Å². The summed E-state index contributed by atoms with van der Waals surface area (Å²) in [5.74, 6) is 0.962. The number of rotatable bonds is 7. The monoisotopic (exact) mass is 433 g/mol. The van der Waals surface area contributed by atoms with E-state index in [4.69, 9.17) is 9.47 Å². The highest BCUT2D eigenvalue weighted by Crippen LogP contribution is 2.41. The Hall–Kier alpha value is -1.05. The molecule has 1 amide bonds. The molecule has 0 aliphatic carbocycles. The lowest BCUT2D eigenvalue weighted by atomic mass is 9.77. The van der Waals surface area contributed by atoms with Gasteiger partial charge in [-0.2, -0.15) is 0 Å². The van der Waals surface area contributed by atoms with Gasteiger partial charge in [0.15, 0.2) is 0 Å². The van der Waals surface area contributed by atoms with Crippen LogP contribution in [-0.2, 0) is 16.1 Å². The molecule has 0 aromatic heterocycles. The maximum absolute atomic E-state index is 12.7. The molecule has 1 aromatic rings. The van der Waals surface area contributed by atoms with Crippen molar-refractivity contribution in [2.24, 2.45) is 5.41 Å². The molecule has 0 radical (unpaired) electrons. The molecule has 0 bridgehead atoms. The summed E-state index contributed by atoms with van der Waals surface area (Å²) >= 11 is 0. The predicted molar refractivity (Wildman–Crippen MR) is 116 cm³/mol. The number of carbonyl (C=O) groups excluding carboxylic acids is 1. The van der Waals surface area contributed by atoms with Gasteiger partial charge in [0.05, 0.1) is 12.6 Å². The van der Waals surface area contributed by atoms with Gasteiger partial charge in [0.25, 0.3) is 0 Å². The first-order chi connectivity index (χ1) is 12.6. The maximum Gasteiger partial charge on any atom is 0.237 e. The number of likely N-dealkylation sites (tertiary alicyclic amines) is 1. The number of carbonyl (C=O) groups is 1. The number of piperidine rings is 1. The number of ether oxygens (including phenoxy) is 2. The molecule has 1 aromatic carbocycles. The third-order valence-corrected chi connectivity index (χ3v) is 5.66. The van der Waals surface area contributed by atoms with Gasteiger partial charge in [-0.05, 0) is 62.5 Å². The first kappa shape index (κ1) is 25.0. The molecule has 1 atom stereocenters. The van der Waals surface area contributed by atoms with Crippen molar-refractivity contribution in [2.75, 3.05) is 47.0 Å². The normalized spacial score (nSPS) is 20.9. The Bertz CT molecular complexity index is 595. The van der Waals surface area contributed by atoms with Gasteiger partial charge in [-0.1, -0.05) is 12.1 Å². The Kier molecular flexibility index (Phi) is 10.6. The molecule has 2 fully saturated rings. The number of methoxy groups -OCH3 is 1. The lowest BCUT2D eigenvalue weighted by Gasteiger charge is -2.33. The van der Waals surface area contributed by atoms with Gasteiger partial charge in [-0.3, -0.25) is 9.69 Å². The summed E-state index contributed by atoms with van der Waals surface area (Å²) in [7, 11) is 3.73. The number of hydrogen-bond donors (Lipinski definition) is 2. The average Bonchev–Trinajstić information content (AvgIpc) is 2.97. The van der Waals surface area contributed by atoms with Gasteiger partial charge in [0.2, 0.25) is 5.91 Å². The topological polar surface area (TPSA) is 62.8 Å². The van der Waals surface area contributed by atoms with Crippen LogP contribution >= 0.6 is 24.8 Å². The molecule has 2 N–H and O–H groups in total. The summed E-state index contributed by atoms with van der Waals surface area (Å²) in [6.07, 6.45) is 3.32. The molecule has 1 spiro atoms. The number of benzene rings is 1. The fraction of sp³-hybridized carbons (Fsp3) is 0.650. The molecule has 160 valence electrons. The minimum atomic E-state index is -0.00949. The Labute approximate surface area is 180 Å². The molecule has 2 heterocycles. The van der Waals surface area contributed by atoms with Gasteiger partial charge in [-0.15, -0.1) is 24.8 Å². The van der Waals surface area contributed by atoms with Crippen molar-refractivity contribution in [2.45, 2.75) is 31.8 Å². The van der Waals surface area contributed by atoms with Gasteiger partial charge in [0, 0.05) is 20.2 Å². The third kappa shape index (κ3) is 6.49. The van der Waals surface area contributed by atoms with Crippen LogP contribution in [0.25, 0.3) is 0 Å². The summed E-state index contributed by atoms with van der Waals surface area (Å²) in [5, 5.41) is 6.53. The van der Waals surface area contributed by atoms with E-state index in [0.29, 0.717) is 25.2 Å². The maximum atomic E-state index is 12.7. The van der Waals surface area contributed by atoms with E-state index in [1.807, 2.05) is 24.3 Å². The van der Waals surface area contributed by atoms with E-state index in [0.717, 1.165) is 37.4 Å². The van der Waals surface area contributed by atoms with Crippen molar-refractivity contribution < 1.29 is 14.3 Å². The van der Waals surface area contributed by atoms with Gasteiger partial charge in [-0.25, -0.2) is 0 Å². The van der Waals surface area contributed by atoms with Gasteiger partial charge >= 0.3 is 0 Å². The SMILES string of the molecule is COCCOc1ccc(CNC(=O)C2CC3(CCNCC3)CN2C)cc1.Cl.Cl. The second kappa shape index (κ2) is 11.8. The molecule has 6 nitrogen and oxygen atoms in total. The van der Waals surface area contributed by atoms with Crippen LogP contribution in [0.3, 0.4) is 0 Å². The van der Waals surface area contributed by atoms with Crippen LogP contribution in [0.4, 0.5) is 0 Å². The highest BCUT2D eigenvalue weighted by molar-refractivity contribution is 5.85. The minimum absolute atomic E-state index is 0. The van der Waals surface area contributed by atoms with Crippen LogP contribution in [0.5, 0.6) is 5.75 Å². The molecule has 2 aliphatic heterocycles. The van der Waals surface area contributed by atoms with Crippen molar-refractivity contribution in [3.8, 4) is 5.75 Å². The molecule has 1 unspecified atom stereocenters. The Morgan fingerprint density at radius 2 is 1.89 bits per heavy atom. The van der Waals surface area contributed by atoms with Gasteiger partial charge < -0.3 is 20.1 Å². The molecule has 8 heteroatoms. The zero-order chi connectivity index (χ0) is 18.4. The van der Waals surface area contributed by atoms with Crippen molar-refractivity contribution in [1.82, 2.24) is 15.5 Å². The molecular formula is C20H33Cl2N3O3. The molecule has 3 rings (SSSR count). The van der Waals surface area contributed by atoms with E-state index in [1.165, 1.54) is 12.8 Å². The van der Waals surface area contributed by atoms with Crippen molar-refractivity contribution in [1.29, 1.82) is 0 Å². The Balaban J connectivity index is 0.00000196. The van der Waals surface area contributed by atoms with Crippen LogP contribution < -0.4 is 15.4 Å². The lowest BCUT2D eigenvalue weighted by molar-refractivity contribution is -0.125. The van der Waals surface area contributed by atoms with Crippen LogP contribution in [0.15, 0.2) is 24.3 Å². The molecule has 28 heavy (non-hydrogen) atoms.